The number of para-hydroxylation sites is 2. The summed E-state index contributed by atoms with van der Waals surface area (Å²) >= 11 is 0. The van der Waals surface area contributed by atoms with Crippen molar-refractivity contribution in [3.63, 3.8) is 0 Å². The Labute approximate surface area is 362 Å². The van der Waals surface area contributed by atoms with Gasteiger partial charge in [-0.3, -0.25) is 5.01 Å². The third kappa shape index (κ3) is 5.72. The van der Waals surface area contributed by atoms with Crippen LogP contribution in [0.5, 0.6) is 0 Å². The normalized spacial score (nSPS) is 13.9. The van der Waals surface area contributed by atoms with E-state index in [1.807, 2.05) is 0 Å². The number of hydrogen-bond donors (Lipinski definition) is 1. The molecule has 0 spiro atoms. The fourth-order valence-electron chi connectivity index (χ4n) is 10.0. The maximum absolute atomic E-state index is 3.69. The zero-order chi connectivity index (χ0) is 41.4. The van der Waals surface area contributed by atoms with E-state index in [0.29, 0.717) is 0 Å². The van der Waals surface area contributed by atoms with Crippen LogP contribution < -0.4 is 15.3 Å². The number of fused-ring (bicyclic) bond motifs is 7. The molecule has 0 unspecified atom stereocenters. The number of rotatable bonds is 6. The van der Waals surface area contributed by atoms with Crippen molar-refractivity contribution in [2.24, 2.45) is 0 Å². The van der Waals surface area contributed by atoms with E-state index in [4.69, 9.17) is 0 Å². The predicted octanol–water partition coefficient (Wildman–Crippen LogP) is 15.1. The average molecular weight is 797 g/mol. The molecular formula is C58H44N4. The Morgan fingerprint density at radius 2 is 0.919 bits per heavy atom. The summed E-state index contributed by atoms with van der Waals surface area (Å²) < 4.78 is 2.45. The first-order chi connectivity index (χ1) is 30.5. The molecule has 0 radical (unpaired) electrons. The smallest absolute Gasteiger partial charge is 0.0870 e. The van der Waals surface area contributed by atoms with E-state index < -0.39 is 0 Å². The zero-order valence-corrected chi connectivity index (χ0v) is 34.8. The minimum absolute atomic E-state index is 0.284. The summed E-state index contributed by atoms with van der Waals surface area (Å²) in [5, 5.41) is 4.74. The van der Waals surface area contributed by atoms with Gasteiger partial charge in [-0.2, -0.15) is 0 Å². The number of aromatic nitrogens is 1. The third-order valence-corrected chi connectivity index (χ3v) is 13.2. The van der Waals surface area contributed by atoms with E-state index >= 15 is 0 Å². The molecule has 3 heterocycles. The number of hydrazine groups is 1. The highest BCUT2D eigenvalue weighted by atomic mass is 15.5. The van der Waals surface area contributed by atoms with Gasteiger partial charge in [0, 0.05) is 34.1 Å². The average Bonchev–Trinajstić information content (AvgIpc) is 3.92. The second-order valence-electron chi connectivity index (χ2n) is 17.1. The standard InChI is InChI=1S/C58H44N4/c1-58(2)51-36-43(40-17-9-4-10-18-40)27-33-54(51)60(47-29-23-41(24-30-47)39-15-7-3-8-16-39)55-34-28-44(37-52(55)58)42-26-32-53-50(35-42)49-31-25-45-38-59-62(48-21-13-6-14-22-48)56(45)57(49)61(53)46-19-11-5-12-20-46/h3-37,59H,38H2,1-2H3. The van der Waals surface area contributed by atoms with Gasteiger partial charge >= 0.3 is 0 Å². The maximum Gasteiger partial charge on any atom is 0.0870 e. The van der Waals surface area contributed by atoms with Crippen LogP contribution in [-0.2, 0) is 12.0 Å². The predicted molar refractivity (Wildman–Crippen MR) is 259 cm³/mol. The quantitative estimate of drug-likeness (QED) is 0.181. The van der Waals surface area contributed by atoms with Gasteiger partial charge in [0.1, 0.15) is 0 Å². The Balaban J connectivity index is 1.03. The summed E-state index contributed by atoms with van der Waals surface area (Å²) in [6.45, 7) is 5.56. The molecule has 0 saturated carbocycles. The van der Waals surface area contributed by atoms with E-state index in [1.54, 1.807) is 0 Å². The van der Waals surface area contributed by atoms with Gasteiger partial charge in [-0.05, 0) is 123 Å². The molecule has 1 N–H and O–H groups in total. The van der Waals surface area contributed by atoms with Crippen molar-refractivity contribution in [2.45, 2.75) is 25.8 Å². The SMILES string of the molecule is CC1(C)c2cc(-c3ccccc3)ccc2N(c2ccc(-c3ccccc3)cc2)c2ccc(-c3ccc4c(c3)c3ccc5c(c3n4-c3ccccc3)N(c3ccccc3)NC5)cc21. The largest absolute Gasteiger partial charge is 0.310 e. The van der Waals surface area contributed by atoms with Crippen LogP contribution in [0, 0.1) is 0 Å². The van der Waals surface area contributed by atoms with Crippen molar-refractivity contribution in [2.75, 3.05) is 9.91 Å². The van der Waals surface area contributed by atoms with Crippen molar-refractivity contribution in [3.8, 4) is 39.1 Å². The van der Waals surface area contributed by atoms with Gasteiger partial charge in [0.2, 0.25) is 0 Å². The highest BCUT2D eigenvalue weighted by Gasteiger charge is 2.38. The van der Waals surface area contributed by atoms with Crippen LogP contribution in [-0.4, -0.2) is 4.57 Å². The fraction of sp³-hybridized carbons (Fsp3) is 0.0690. The van der Waals surface area contributed by atoms with Gasteiger partial charge in [-0.15, -0.1) is 0 Å². The third-order valence-electron chi connectivity index (χ3n) is 13.2. The van der Waals surface area contributed by atoms with Crippen LogP contribution in [0.25, 0.3) is 60.9 Å². The lowest BCUT2D eigenvalue weighted by molar-refractivity contribution is 0.632. The Kier molecular flexibility index (Phi) is 8.31. The summed E-state index contributed by atoms with van der Waals surface area (Å²) in [6.07, 6.45) is 0. The van der Waals surface area contributed by atoms with Crippen LogP contribution in [0.15, 0.2) is 212 Å². The van der Waals surface area contributed by atoms with E-state index in [9.17, 15) is 0 Å². The highest BCUT2D eigenvalue weighted by Crippen LogP contribution is 2.54. The number of anilines is 5. The molecule has 4 heteroatoms. The molecule has 4 nitrogen and oxygen atoms in total. The molecular weight excluding hydrogens is 753 g/mol. The molecule has 0 aliphatic carbocycles. The molecule has 10 aromatic rings. The summed E-state index contributed by atoms with van der Waals surface area (Å²) in [4.78, 5) is 2.47. The number of benzene rings is 9. The second-order valence-corrected chi connectivity index (χ2v) is 17.1. The van der Waals surface area contributed by atoms with Crippen molar-refractivity contribution in [1.82, 2.24) is 9.99 Å². The van der Waals surface area contributed by atoms with Crippen LogP contribution in [0.1, 0.15) is 30.5 Å². The molecule has 12 rings (SSSR count). The van der Waals surface area contributed by atoms with E-state index in [-0.39, 0.29) is 5.41 Å². The van der Waals surface area contributed by atoms with Crippen LogP contribution in [0.4, 0.5) is 28.4 Å². The van der Waals surface area contributed by atoms with Crippen LogP contribution >= 0.6 is 0 Å². The molecule has 0 atom stereocenters. The molecule has 296 valence electrons. The Morgan fingerprint density at radius 1 is 0.419 bits per heavy atom. The minimum Gasteiger partial charge on any atom is -0.310 e. The molecule has 2 aliphatic heterocycles. The summed E-state index contributed by atoms with van der Waals surface area (Å²) in [7, 11) is 0. The molecule has 1 aromatic heterocycles. The van der Waals surface area contributed by atoms with Crippen molar-refractivity contribution >= 4 is 50.2 Å². The number of nitrogens with one attached hydrogen (secondary N) is 1. The first-order valence-electron chi connectivity index (χ1n) is 21.6. The molecule has 0 saturated heterocycles. The summed E-state index contributed by atoms with van der Waals surface area (Å²) in [5.74, 6) is 0. The monoisotopic (exact) mass is 796 g/mol. The van der Waals surface area contributed by atoms with Gasteiger partial charge in [-0.25, -0.2) is 5.43 Å². The molecule has 0 amide bonds. The second kappa shape index (κ2) is 14.2. The first-order valence-corrected chi connectivity index (χ1v) is 21.6. The zero-order valence-electron chi connectivity index (χ0n) is 34.8. The highest BCUT2D eigenvalue weighted by molar-refractivity contribution is 6.15. The van der Waals surface area contributed by atoms with Crippen molar-refractivity contribution in [3.05, 3.63) is 229 Å². The van der Waals surface area contributed by atoms with Crippen molar-refractivity contribution < 1.29 is 0 Å². The maximum atomic E-state index is 3.69. The van der Waals surface area contributed by atoms with Crippen LogP contribution in [0.3, 0.4) is 0 Å². The molecule has 0 bridgehead atoms. The fourth-order valence-corrected chi connectivity index (χ4v) is 10.0. The van der Waals surface area contributed by atoms with Crippen molar-refractivity contribution in [1.29, 1.82) is 0 Å². The van der Waals surface area contributed by atoms with E-state index in [1.165, 1.54) is 88.9 Å². The van der Waals surface area contributed by atoms with Gasteiger partial charge < -0.3 is 9.47 Å². The van der Waals surface area contributed by atoms with Gasteiger partial charge in [-0.1, -0.05) is 153 Å². The number of nitrogens with zero attached hydrogens (tertiary/aromatic N) is 3. The summed E-state index contributed by atoms with van der Waals surface area (Å²) in [5.41, 5.74) is 24.0. The minimum atomic E-state index is -0.284. The van der Waals surface area contributed by atoms with Gasteiger partial charge in [0.25, 0.3) is 0 Å². The topological polar surface area (TPSA) is 23.4 Å². The molecule has 0 fully saturated rings. The van der Waals surface area contributed by atoms with E-state index in [0.717, 1.165) is 23.6 Å². The van der Waals surface area contributed by atoms with Gasteiger partial charge in [0.05, 0.1) is 33.8 Å². The molecule has 9 aromatic carbocycles. The lowest BCUT2D eigenvalue weighted by Crippen LogP contribution is -2.30. The lowest BCUT2D eigenvalue weighted by Gasteiger charge is -2.42. The first kappa shape index (κ1) is 36.2. The van der Waals surface area contributed by atoms with Gasteiger partial charge in [0.15, 0.2) is 0 Å². The van der Waals surface area contributed by atoms with Crippen LogP contribution in [0.2, 0.25) is 0 Å². The molecule has 2 aliphatic rings. The lowest BCUT2D eigenvalue weighted by atomic mass is 9.72. The Bertz CT molecular complexity index is 3300. The number of hydrogen-bond acceptors (Lipinski definition) is 3. The Hall–Kier alpha value is -7.66. The Morgan fingerprint density at radius 3 is 1.55 bits per heavy atom. The molecule has 62 heavy (non-hydrogen) atoms. The van der Waals surface area contributed by atoms with E-state index in [2.05, 4.69) is 246 Å². The summed E-state index contributed by atoms with van der Waals surface area (Å²) in [6, 6.07) is 77.7.